The largest absolute Gasteiger partial charge is 0.481 e. The van der Waals surface area contributed by atoms with Gasteiger partial charge in [-0.15, -0.1) is 11.3 Å². The molecule has 2 N–H and O–H groups in total. The number of thiophene rings is 1. The van der Waals surface area contributed by atoms with E-state index in [4.69, 9.17) is 16.7 Å². The van der Waals surface area contributed by atoms with E-state index in [0.29, 0.717) is 15.6 Å². The van der Waals surface area contributed by atoms with Crippen LogP contribution in [0.15, 0.2) is 12.1 Å². The minimum Gasteiger partial charge on any atom is -0.481 e. The van der Waals surface area contributed by atoms with E-state index in [1.54, 1.807) is 19.1 Å². The number of hydrogen-bond donors (Lipinski definition) is 2. The predicted octanol–water partition coefficient (Wildman–Crippen LogP) is 2.38. The molecule has 0 saturated carbocycles. The van der Waals surface area contributed by atoms with Crippen molar-refractivity contribution in [3.05, 3.63) is 21.3 Å². The van der Waals surface area contributed by atoms with E-state index in [2.05, 4.69) is 5.32 Å². The Kier molecular flexibility index (Phi) is 4.76. The molecule has 0 fully saturated rings. The van der Waals surface area contributed by atoms with Crippen molar-refractivity contribution >= 4 is 34.8 Å². The molecular weight excluding hydrogens is 250 g/mol. The molecule has 16 heavy (non-hydrogen) atoms. The molecule has 0 aliphatic carbocycles. The molecule has 88 valence electrons. The van der Waals surface area contributed by atoms with Crippen LogP contribution in [0.1, 0.15) is 29.4 Å². The third-order valence-corrected chi connectivity index (χ3v) is 3.20. The molecule has 1 atom stereocenters. The number of carboxylic acid groups (broad SMARTS) is 1. The van der Waals surface area contributed by atoms with Gasteiger partial charge < -0.3 is 10.4 Å². The predicted molar refractivity (Wildman–Crippen MR) is 63.1 cm³/mol. The highest BCUT2D eigenvalue weighted by Gasteiger charge is 2.12. The maximum atomic E-state index is 11.6. The highest BCUT2D eigenvalue weighted by atomic mass is 35.5. The third kappa shape index (κ3) is 4.20. The van der Waals surface area contributed by atoms with Crippen molar-refractivity contribution < 1.29 is 14.7 Å². The lowest BCUT2D eigenvalue weighted by atomic mass is 10.2. The maximum Gasteiger partial charge on any atom is 0.303 e. The van der Waals surface area contributed by atoms with Gasteiger partial charge in [-0.3, -0.25) is 9.59 Å². The molecule has 0 spiro atoms. The van der Waals surface area contributed by atoms with Gasteiger partial charge in [0.15, 0.2) is 0 Å². The van der Waals surface area contributed by atoms with Crippen LogP contribution >= 0.6 is 22.9 Å². The van der Waals surface area contributed by atoms with Crippen LogP contribution in [-0.2, 0) is 4.79 Å². The van der Waals surface area contributed by atoms with Crippen LogP contribution in [0.5, 0.6) is 0 Å². The summed E-state index contributed by atoms with van der Waals surface area (Å²) in [5.74, 6) is -1.07. The molecule has 4 nitrogen and oxygen atoms in total. The number of carbonyl (C=O) groups excluding carboxylic acids is 1. The van der Waals surface area contributed by atoms with E-state index in [0.717, 1.165) is 0 Å². The fourth-order valence-corrected chi connectivity index (χ4v) is 2.09. The van der Waals surface area contributed by atoms with Gasteiger partial charge in [0.1, 0.15) is 0 Å². The van der Waals surface area contributed by atoms with Crippen LogP contribution in [0.25, 0.3) is 0 Å². The van der Waals surface area contributed by atoms with Crippen molar-refractivity contribution in [1.29, 1.82) is 0 Å². The Balaban J connectivity index is 2.42. The first kappa shape index (κ1) is 13.0. The number of nitrogens with one attached hydrogen (secondary N) is 1. The van der Waals surface area contributed by atoms with Gasteiger partial charge in [-0.25, -0.2) is 0 Å². The number of carboxylic acids is 1. The highest BCUT2D eigenvalue weighted by molar-refractivity contribution is 7.17. The topological polar surface area (TPSA) is 66.4 Å². The smallest absolute Gasteiger partial charge is 0.303 e. The summed E-state index contributed by atoms with van der Waals surface area (Å²) in [7, 11) is 0. The van der Waals surface area contributed by atoms with Gasteiger partial charge >= 0.3 is 5.97 Å². The first-order valence-electron chi connectivity index (χ1n) is 4.77. The van der Waals surface area contributed by atoms with Gasteiger partial charge in [0, 0.05) is 12.5 Å². The van der Waals surface area contributed by atoms with Gasteiger partial charge in [-0.1, -0.05) is 11.6 Å². The van der Waals surface area contributed by atoms with Gasteiger partial charge in [0.2, 0.25) is 0 Å². The van der Waals surface area contributed by atoms with E-state index >= 15 is 0 Å². The first-order chi connectivity index (χ1) is 7.49. The summed E-state index contributed by atoms with van der Waals surface area (Å²) >= 11 is 6.90. The van der Waals surface area contributed by atoms with Crippen molar-refractivity contribution in [3.8, 4) is 0 Å². The van der Waals surface area contributed by atoms with Crippen LogP contribution in [0.4, 0.5) is 0 Å². The Labute approximate surface area is 102 Å². The molecule has 1 heterocycles. The van der Waals surface area contributed by atoms with E-state index in [9.17, 15) is 9.59 Å². The second kappa shape index (κ2) is 5.86. The number of halogens is 1. The fourth-order valence-electron chi connectivity index (χ4n) is 1.14. The summed E-state index contributed by atoms with van der Waals surface area (Å²) in [5.41, 5.74) is 0. The molecule has 0 aromatic carbocycles. The number of hydrogen-bond acceptors (Lipinski definition) is 3. The van der Waals surface area contributed by atoms with Crippen molar-refractivity contribution in [2.75, 3.05) is 0 Å². The zero-order chi connectivity index (χ0) is 12.1. The number of amides is 1. The summed E-state index contributed by atoms with van der Waals surface area (Å²) < 4.78 is 0.559. The maximum absolute atomic E-state index is 11.6. The van der Waals surface area contributed by atoms with Crippen LogP contribution in [0.3, 0.4) is 0 Å². The zero-order valence-corrected chi connectivity index (χ0v) is 10.3. The number of aliphatic carboxylic acids is 1. The molecule has 1 unspecified atom stereocenters. The highest BCUT2D eigenvalue weighted by Crippen LogP contribution is 2.21. The average molecular weight is 262 g/mol. The van der Waals surface area contributed by atoms with Crippen molar-refractivity contribution in [2.24, 2.45) is 0 Å². The molecule has 1 amide bonds. The van der Waals surface area contributed by atoms with Crippen LogP contribution in [0, 0.1) is 0 Å². The standard InChI is InChI=1S/C10H12ClNO3S/c1-6(2-5-9(13)14)12-10(15)7-3-4-8(11)16-7/h3-4,6H,2,5H2,1H3,(H,12,15)(H,13,14). The molecule has 0 aliphatic heterocycles. The molecule has 0 aliphatic rings. The fraction of sp³-hybridized carbons (Fsp3) is 0.400. The molecule has 6 heteroatoms. The van der Waals surface area contributed by atoms with Crippen LogP contribution in [0.2, 0.25) is 4.34 Å². The first-order valence-corrected chi connectivity index (χ1v) is 5.96. The Morgan fingerprint density at radius 1 is 1.56 bits per heavy atom. The molecular formula is C10H12ClNO3S. The Hall–Kier alpha value is -1.07. The lowest BCUT2D eigenvalue weighted by Crippen LogP contribution is -2.32. The summed E-state index contributed by atoms with van der Waals surface area (Å²) in [4.78, 5) is 22.5. The van der Waals surface area contributed by atoms with Gasteiger partial charge in [-0.05, 0) is 25.5 Å². The van der Waals surface area contributed by atoms with E-state index in [-0.39, 0.29) is 18.4 Å². The molecule has 1 aromatic rings. The Morgan fingerprint density at radius 2 is 2.25 bits per heavy atom. The summed E-state index contributed by atoms with van der Waals surface area (Å²) in [6.45, 7) is 1.77. The summed E-state index contributed by atoms with van der Waals surface area (Å²) in [6.07, 6.45) is 0.465. The number of carbonyl (C=O) groups is 2. The SMILES string of the molecule is CC(CCC(=O)O)NC(=O)c1ccc(Cl)s1. The third-order valence-electron chi connectivity index (χ3n) is 1.97. The molecule has 1 aromatic heterocycles. The van der Waals surface area contributed by atoms with Crippen molar-refractivity contribution in [3.63, 3.8) is 0 Å². The van der Waals surface area contributed by atoms with Gasteiger partial charge in [0.25, 0.3) is 5.91 Å². The molecule has 0 radical (unpaired) electrons. The second-order valence-electron chi connectivity index (χ2n) is 3.41. The van der Waals surface area contributed by atoms with Crippen LogP contribution in [-0.4, -0.2) is 23.0 Å². The monoisotopic (exact) mass is 261 g/mol. The van der Waals surface area contributed by atoms with E-state index in [1.807, 2.05) is 0 Å². The zero-order valence-electron chi connectivity index (χ0n) is 8.70. The van der Waals surface area contributed by atoms with E-state index < -0.39 is 5.97 Å². The Morgan fingerprint density at radius 3 is 2.75 bits per heavy atom. The van der Waals surface area contributed by atoms with Crippen LogP contribution < -0.4 is 5.32 Å². The average Bonchev–Trinajstić information content (AvgIpc) is 2.62. The normalized spacial score (nSPS) is 12.1. The molecule has 0 saturated heterocycles. The lowest BCUT2D eigenvalue weighted by molar-refractivity contribution is -0.137. The second-order valence-corrected chi connectivity index (χ2v) is 5.13. The minimum atomic E-state index is -0.861. The van der Waals surface area contributed by atoms with Crippen molar-refractivity contribution in [2.45, 2.75) is 25.8 Å². The molecule has 0 bridgehead atoms. The summed E-state index contributed by atoms with van der Waals surface area (Å²) in [6, 6.07) is 3.14. The minimum absolute atomic E-state index is 0.0483. The van der Waals surface area contributed by atoms with Gasteiger partial charge in [-0.2, -0.15) is 0 Å². The van der Waals surface area contributed by atoms with Crippen molar-refractivity contribution in [1.82, 2.24) is 5.32 Å². The molecule has 1 rings (SSSR count). The Bertz CT molecular complexity index is 391. The quantitative estimate of drug-likeness (QED) is 0.855. The summed E-state index contributed by atoms with van der Waals surface area (Å²) in [5, 5.41) is 11.2. The lowest BCUT2D eigenvalue weighted by Gasteiger charge is -2.11. The van der Waals surface area contributed by atoms with Gasteiger partial charge in [0.05, 0.1) is 9.21 Å². The number of rotatable bonds is 5. The van der Waals surface area contributed by atoms with E-state index in [1.165, 1.54) is 11.3 Å².